The summed E-state index contributed by atoms with van der Waals surface area (Å²) in [6.45, 7) is 7.77. The van der Waals surface area contributed by atoms with E-state index >= 15 is 0 Å². The number of amides is 1. The molecule has 0 aromatic carbocycles. The zero-order chi connectivity index (χ0) is 12.0. The predicted molar refractivity (Wildman–Crippen MR) is 67.3 cm³/mol. The maximum absolute atomic E-state index is 11.6. The minimum Gasteiger partial charge on any atom is -0.354 e. The Morgan fingerprint density at radius 1 is 1.38 bits per heavy atom. The molecule has 2 N–H and O–H groups in total. The number of nitrogens with one attached hydrogen (secondary N) is 2. The van der Waals surface area contributed by atoms with E-state index < -0.39 is 0 Å². The largest absolute Gasteiger partial charge is 0.354 e. The summed E-state index contributed by atoms with van der Waals surface area (Å²) in [5.74, 6) is 0.139. The Bertz CT molecular complexity index is 218. The first-order chi connectivity index (χ1) is 7.62. The van der Waals surface area contributed by atoms with Gasteiger partial charge in [0.25, 0.3) is 0 Å². The van der Waals surface area contributed by atoms with Gasteiger partial charge in [-0.1, -0.05) is 20.3 Å². The average molecular weight is 226 g/mol. The van der Waals surface area contributed by atoms with Crippen LogP contribution in [0.25, 0.3) is 0 Å². The smallest absolute Gasteiger partial charge is 0.233 e. The lowest BCUT2D eigenvalue weighted by Crippen LogP contribution is -2.45. The van der Waals surface area contributed by atoms with Crippen molar-refractivity contribution in [1.82, 2.24) is 10.6 Å². The Morgan fingerprint density at radius 2 is 2.06 bits per heavy atom. The van der Waals surface area contributed by atoms with Crippen LogP contribution in [-0.2, 0) is 4.79 Å². The van der Waals surface area contributed by atoms with Crippen LogP contribution in [0.2, 0.25) is 0 Å². The minimum absolute atomic E-state index is 0.139. The molecule has 3 heteroatoms. The van der Waals surface area contributed by atoms with Crippen LogP contribution < -0.4 is 10.6 Å². The topological polar surface area (TPSA) is 41.1 Å². The van der Waals surface area contributed by atoms with Crippen molar-refractivity contribution in [3.05, 3.63) is 0 Å². The molecule has 1 rings (SSSR count). The van der Waals surface area contributed by atoms with Crippen molar-refractivity contribution in [2.45, 2.75) is 58.9 Å². The van der Waals surface area contributed by atoms with E-state index in [0.717, 1.165) is 13.0 Å². The van der Waals surface area contributed by atoms with E-state index in [4.69, 9.17) is 0 Å². The van der Waals surface area contributed by atoms with Gasteiger partial charge < -0.3 is 10.6 Å². The lowest BCUT2D eigenvalue weighted by atomic mass is 9.67. The van der Waals surface area contributed by atoms with E-state index in [9.17, 15) is 4.79 Å². The molecule has 1 aliphatic carbocycles. The first-order valence-corrected chi connectivity index (χ1v) is 6.62. The lowest BCUT2D eigenvalue weighted by Gasteiger charge is -2.41. The normalized spacial score (nSPS) is 19.9. The van der Waals surface area contributed by atoms with E-state index in [1.54, 1.807) is 0 Å². The Labute approximate surface area is 99.4 Å². The summed E-state index contributed by atoms with van der Waals surface area (Å²) in [5, 5.41) is 6.26. The van der Waals surface area contributed by atoms with E-state index in [1.807, 2.05) is 0 Å². The van der Waals surface area contributed by atoms with Gasteiger partial charge in [0, 0.05) is 12.6 Å². The van der Waals surface area contributed by atoms with Crippen LogP contribution in [0, 0.1) is 5.41 Å². The third kappa shape index (κ3) is 3.78. The van der Waals surface area contributed by atoms with Crippen molar-refractivity contribution in [1.29, 1.82) is 0 Å². The van der Waals surface area contributed by atoms with Crippen LogP contribution in [0.3, 0.4) is 0 Å². The van der Waals surface area contributed by atoms with E-state index in [0.29, 0.717) is 18.0 Å². The fourth-order valence-corrected chi connectivity index (χ4v) is 2.09. The number of carbonyl (C=O) groups is 1. The lowest BCUT2D eigenvalue weighted by molar-refractivity contribution is -0.121. The third-order valence-electron chi connectivity index (χ3n) is 4.05. The SMILES string of the molecule is CCC(C)NCC(=O)NCC1(CC)CCC1. The second-order valence-electron chi connectivity index (χ2n) is 5.17. The van der Waals surface area contributed by atoms with Gasteiger partial charge in [-0.25, -0.2) is 0 Å². The van der Waals surface area contributed by atoms with Gasteiger partial charge in [-0.3, -0.25) is 4.79 Å². The Balaban J connectivity index is 2.14. The summed E-state index contributed by atoms with van der Waals surface area (Å²) in [5.41, 5.74) is 0.423. The summed E-state index contributed by atoms with van der Waals surface area (Å²) in [6, 6.07) is 0.426. The Kier molecular flexibility index (Phi) is 5.26. The molecule has 0 aromatic heterocycles. The van der Waals surface area contributed by atoms with Crippen molar-refractivity contribution in [3.63, 3.8) is 0 Å². The quantitative estimate of drug-likeness (QED) is 0.698. The molecule has 0 aliphatic heterocycles. The first kappa shape index (κ1) is 13.5. The van der Waals surface area contributed by atoms with Gasteiger partial charge in [0.1, 0.15) is 0 Å². The number of hydrogen-bond donors (Lipinski definition) is 2. The summed E-state index contributed by atoms with van der Waals surface area (Å²) in [6.07, 6.45) is 6.14. The van der Waals surface area contributed by atoms with Crippen LogP contribution in [0.4, 0.5) is 0 Å². The predicted octanol–water partition coefficient (Wildman–Crippen LogP) is 2.07. The fraction of sp³-hybridized carbons (Fsp3) is 0.923. The Morgan fingerprint density at radius 3 is 2.50 bits per heavy atom. The molecule has 0 aromatic rings. The molecule has 1 saturated carbocycles. The van der Waals surface area contributed by atoms with E-state index in [-0.39, 0.29) is 5.91 Å². The highest BCUT2D eigenvalue weighted by molar-refractivity contribution is 5.78. The van der Waals surface area contributed by atoms with E-state index in [1.165, 1.54) is 25.7 Å². The third-order valence-corrected chi connectivity index (χ3v) is 4.05. The number of hydrogen-bond acceptors (Lipinski definition) is 2. The van der Waals surface area contributed by atoms with Gasteiger partial charge in [-0.05, 0) is 38.0 Å². The monoisotopic (exact) mass is 226 g/mol. The van der Waals surface area contributed by atoms with Gasteiger partial charge >= 0.3 is 0 Å². The van der Waals surface area contributed by atoms with Crippen LogP contribution >= 0.6 is 0 Å². The zero-order valence-electron chi connectivity index (χ0n) is 10.9. The van der Waals surface area contributed by atoms with Crippen LogP contribution in [-0.4, -0.2) is 25.0 Å². The van der Waals surface area contributed by atoms with Crippen molar-refractivity contribution >= 4 is 5.91 Å². The van der Waals surface area contributed by atoms with Crippen molar-refractivity contribution in [2.75, 3.05) is 13.1 Å². The summed E-state index contributed by atoms with van der Waals surface area (Å²) < 4.78 is 0. The van der Waals surface area contributed by atoms with Crippen molar-refractivity contribution in [3.8, 4) is 0 Å². The summed E-state index contributed by atoms with van der Waals surface area (Å²) in [7, 11) is 0. The molecular formula is C13H26N2O. The van der Waals surface area contributed by atoms with Gasteiger partial charge in [0.15, 0.2) is 0 Å². The molecule has 94 valence electrons. The van der Waals surface area contributed by atoms with E-state index in [2.05, 4.69) is 31.4 Å². The van der Waals surface area contributed by atoms with Gasteiger partial charge in [-0.15, -0.1) is 0 Å². The molecule has 0 heterocycles. The zero-order valence-corrected chi connectivity index (χ0v) is 10.9. The summed E-state index contributed by atoms with van der Waals surface area (Å²) >= 11 is 0. The van der Waals surface area contributed by atoms with Gasteiger partial charge in [-0.2, -0.15) is 0 Å². The molecule has 3 nitrogen and oxygen atoms in total. The second kappa shape index (κ2) is 6.24. The fourth-order valence-electron chi connectivity index (χ4n) is 2.09. The molecular weight excluding hydrogens is 200 g/mol. The van der Waals surface area contributed by atoms with Crippen molar-refractivity contribution in [2.24, 2.45) is 5.41 Å². The highest BCUT2D eigenvalue weighted by Gasteiger charge is 2.34. The Hall–Kier alpha value is -0.570. The number of rotatable bonds is 7. The molecule has 16 heavy (non-hydrogen) atoms. The molecule has 0 bridgehead atoms. The molecule has 1 atom stereocenters. The van der Waals surface area contributed by atoms with Gasteiger partial charge in [0.05, 0.1) is 6.54 Å². The van der Waals surface area contributed by atoms with Crippen LogP contribution in [0.15, 0.2) is 0 Å². The molecule has 1 aliphatic rings. The molecule has 1 unspecified atom stereocenters. The maximum atomic E-state index is 11.6. The highest BCUT2D eigenvalue weighted by atomic mass is 16.1. The van der Waals surface area contributed by atoms with Crippen LogP contribution in [0.1, 0.15) is 52.9 Å². The van der Waals surface area contributed by atoms with Gasteiger partial charge in [0.2, 0.25) is 5.91 Å². The summed E-state index contributed by atoms with van der Waals surface area (Å²) in [4.78, 5) is 11.6. The molecule has 0 saturated heterocycles. The highest BCUT2D eigenvalue weighted by Crippen LogP contribution is 2.42. The second-order valence-corrected chi connectivity index (χ2v) is 5.17. The van der Waals surface area contributed by atoms with Crippen LogP contribution in [0.5, 0.6) is 0 Å². The molecule has 1 amide bonds. The number of carbonyl (C=O) groups excluding carboxylic acids is 1. The molecule has 0 spiro atoms. The first-order valence-electron chi connectivity index (χ1n) is 6.62. The maximum Gasteiger partial charge on any atom is 0.233 e. The molecule has 1 fully saturated rings. The average Bonchev–Trinajstić information content (AvgIpc) is 2.25. The standard InChI is InChI=1S/C13H26N2O/c1-4-11(3)14-9-12(16)15-10-13(5-2)7-6-8-13/h11,14H,4-10H2,1-3H3,(H,15,16). The minimum atomic E-state index is 0.139. The molecule has 0 radical (unpaired) electrons. The van der Waals surface area contributed by atoms with Crippen molar-refractivity contribution < 1.29 is 4.79 Å².